The summed E-state index contributed by atoms with van der Waals surface area (Å²) in [5, 5.41) is 8.70. The van der Waals surface area contributed by atoms with Crippen LogP contribution in [0, 0.1) is 5.92 Å². The van der Waals surface area contributed by atoms with Gasteiger partial charge in [-0.15, -0.1) is 0 Å². The fourth-order valence-corrected chi connectivity index (χ4v) is 0.853. The summed E-state index contributed by atoms with van der Waals surface area (Å²) in [5.74, 6) is -1.34. The Kier molecular flexibility index (Phi) is 3.08. The third kappa shape index (κ3) is 2.58. The minimum atomic E-state index is -0.828. The minimum absolute atomic E-state index is 0.516. The molecule has 0 aromatic rings. The molecule has 1 aliphatic carbocycles. The number of hydrogen-bond donors (Lipinski definition) is 1. The van der Waals surface area contributed by atoms with Gasteiger partial charge in [0.2, 0.25) is 0 Å². The van der Waals surface area contributed by atoms with E-state index in [1.807, 2.05) is 12.2 Å². The Morgan fingerprint density at radius 1 is 0.917 bits per heavy atom. The molecule has 0 heterocycles. The summed E-state index contributed by atoms with van der Waals surface area (Å²) in [6.45, 7) is 0. The molecule has 0 amide bonds. The Morgan fingerprint density at radius 3 is 1.75 bits per heavy atom. The number of carboxylic acids is 1. The van der Waals surface area contributed by atoms with Crippen LogP contribution in [-0.4, -0.2) is 11.1 Å². The number of hydrogen-bond acceptors (Lipinski definition) is 1. The summed E-state index contributed by atoms with van der Waals surface area (Å²) in [6.07, 6.45) is 14.1. The van der Waals surface area contributed by atoms with Gasteiger partial charge < -0.3 is 5.11 Å². The van der Waals surface area contributed by atoms with E-state index in [-0.39, 0.29) is 0 Å². The molecule has 0 spiro atoms. The number of carboxylic acid groups (broad SMARTS) is 1. The SMILES string of the molecule is O=C(O)C1\C=C/C=C\C=C/C=C\1. The lowest BCUT2D eigenvalue weighted by atomic mass is 10.1. The van der Waals surface area contributed by atoms with Crippen LogP contribution in [0.15, 0.2) is 48.6 Å². The Morgan fingerprint density at radius 2 is 1.33 bits per heavy atom. The first-order valence-electron chi connectivity index (χ1n) is 3.72. The fraction of sp³-hybridized carbons (Fsp3) is 0.100. The van der Waals surface area contributed by atoms with Gasteiger partial charge in [0.15, 0.2) is 0 Å². The van der Waals surface area contributed by atoms with E-state index >= 15 is 0 Å². The minimum Gasteiger partial charge on any atom is -0.481 e. The lowest BCUT2D eigenvalue weighted by Gasteiger charge is -1.97. The van der Waals surface area contributed by atoms with Crippen molar-refractivity contribution in [3.8, 4) is 0 Å². The number of allylic oxidation sites excluding steroid dienone is 6. The molecule has 0 aliphatic heterocycles. The van der Waals surface area contributed by atoms with Crippen LogP contribution in [0.1, 0.15) is 0 Å². The van der Waals surface area contributed by atoms with E-state index < -0.39 is 11.9 Å². The predicted octanol–water partition coefficient (Wildman–Crippen LogP) is 1.93. The van der Waals surface area contributed by atoms with Gasteiger partial charge in [0, 0.05) is 0 Å². The van der Waals surface area contributed by atoms with Gasteiger partial charge in [-0.1, -0.05) is 48.6 Å². The molecule has 62 valence electrons. The first kappa shape index (κ1) is 8.53. The normalized spacial score (nSPS) is 27.7. The summed E-state index contributed by atoms with van der Waals surface area (Å²) in [4.78, 5) is 10.6. The van der Waals surface area contributed by atoms with Crippen molar-refractivity contribution < 1.29 is 9.90 Å². The van der Waals surface area contributed by atoms with Crippen LogP contribution in [0.4, 0.5) is 0 Å². The molecule has 0 saturated heterocycles. The van der Waals surface area contributed by atoms with E-state index in [0.29, 0.717) is 0 Å². The highest BCUT2D eigenvalue weighted by molar-refractivity contribution is 5.74. The Labute approximate surface area is 71.2 Å². The standard InChI is InChI=1S/C10H10O2/c11-10(12)9-7-5-3-1-2-4-6-8-9/h1-9H,(H,11,12)/b3-1-,4-2-,7-5-,8-6-. The van der Waals surface area contributed by atoms with E-state index in [2.05, 4.69) is 0 Å². The van der Waals surface area contributed by atoms with Crippen LogP contribution in [0.2, 0.25) is 0 Å². The molecule has 0 aromatic carbocycles. The molecule has 1 rings (SSSR count). The zero-order valence-electron chi connectivity index (χ0n) is 6.55. The molecule has 1 aliphatic rings. The summed E-state index contributed by atoms with van der Waals surface area (Å²) >= 11 is 0. The average Bonchev–Trinajstić information content (AvgIpc) is 2.15. The number of aliphatic carboxylic acids is 1. The molecular weight excluding hydrogens is 152 g/mol. The molecule has 2 nitrogen and oxygen atoms in total. The molecule has 0 radical (unpaired) electrons. The van der Waals surface area contributed by atoms with Crippen molar-refractivity contribution in [2.45, 2.75) is 0 Å². The Balaban J connectivity index is 2.81. The van der Waals surface area contributed by atoms with Crippen LogP contribution in [0.3, 0.4) is 0 Å². The van der Waals surface area contributed by atoms with Crippen LogP contribution in [0.25, 0.3) is 0 Å². The quantitative estimate of drug-likeness (QED) is 0.639. The second kappa shape index (κ2) is 4.34. The van der Waals surface area contributed by atoms with Crippen molar-refractivity contribution in [3.05, 3.63) is 48.6 Å². The van der Waals surface area contributed by atoms with Crippen molar-refractivity contribution in [2.24, 2.45) is 5.92 Å². The van der Waals surface area contributed by atoms with Gasteiger partial charge in [-0.25, -0.2) is 0 Å². The first-order chi connectivity index (χ1) is 5.80. The third-order valence-corrected chi connectivity index (χ3v) is 1.48. The second-order valence-electron chi connectivity index (χ2n) is 2.40. The monoisotopic (exact) mass is 162 g/mol. The highest BCUT2D eigenvalue weighted by Crippen LogP contribution is 2.03. The molecule has 2 heteroatoms. The van der Waals surface area contributed by atoms with Gasteiger partial charge >= 0.3 is 5.97 Å². The third-order valence-electron chi connectivity index (χ3n) is 1.48. The summed E-state index contributed by atoms with van der Waals surface area (Å²) in [6, 6.07) is 0. The molecule has 1 N–H and O–H groups in total. The maximum Gasteiger partial charge on any atom is 0.314 e. The van der Waals surface area contributed by atoms with Gasteiger partial charge in [0.05, 0.1) is 5.92 Å². The molecule has 0 bridgehead atoms. The Bertz CT molecular complexity index is 248. The van der Waals surface area contributed by atoms with Gasteiger partial charge in [-0.05, 0) is 0 Å². The molecular formula is C10H10O2. The highest BCUT2D eigenvalue weighted by atomic mass is 16.4. The van der Waals surface area contributed by atoms with Crippen molar-refractivity contribution in [1.29, 1.82) is 0 Å². The average molecular weight is 162 g/mol. The van der Waals surface area contributed by atoms with Crippen molar-refractivity contribution in [2.75, 3.05) is 0 Å². The summed E-state index contributed by atoms with van der Waals surface area (Å²) in [7, 11) is 0. The lowest BCUT2D eigenvalue weighted by Crippen LogP contribution is -2.07. The predicted molar refractivity (Wildman–Crippen MR) is 47.7 cm³/mol. The molecule has 12 heavy (non-hydrogen) atoms. The van der Waals surface area contributed by atoms with Crippen molar-refractivity contribution in [3.63, 3.8) is 0 Å². The first-order valence-corrected chi connectivity index (χ1v) is 3.72. The topological polar surface area (TPSA) is 37.3 Å². The van der Waals surface area contributed by atoms with Crippen LogP contribution in [-0.2, 0) is 4.79 Å². The van der Waals surface area contributed by atoms with Gasteiger partial charge in [-0.2, -0.15) is 0 Å². The van der Waals surface area contributed by atoms with Gasteiger partial charge in [-0.3, -0.25) is 4.79 Å². The zero-order valence-corrected chi connectivity index (χ0v) is 6.55. The van der Waals surface area contributed by atoms with Crippen LogP contribution < -0.4 is 0 Å². The largest absolute Gasteiger partial charge is 0.481 e. The van der Waals surface area contributed by atoms with Crippen molar-refractivity contribution in [1.82, 2.24) is 0 Å². The second-order valence-corrected chi connectivity index (χ2v) is 2.40. The summed E-state index contributed by atoms with van der Waals surface area (Å²) < 4.78 is 0. The Hall–Kier alpha value is -1.57. The van der Waals surface area contributed by atoms with Gasteiger partial charge in [0.1, 0.15) is 0 Å². The van der Waals surface area contributed by atoms with Crippen LogP contribution >= 0.6 is 0 Å². The fourth-order valence-electron chi connectivity index (χ4n) is 0.853. The molecule has 0 fully saturated rings. The van der Waals surface area contributed by atoms with E-state index in [4.69, 9.17) is 5.11 Å². The number of carbonyl (C=O) groups is 1. The van der Waals surface area contributed by atoms with E-state index in [0.717, 1.165) is 0 Å². The molecule has 0 atom stereocenters. The summed E-state index contributed by atoms with van der Waals surface area (Å²) in [5.41, 5.74) is 0. The molecule has 0 aromatic heterocycles. The van der Waals surface area contributed by atoms with E-state index in [1.54, 1.807) is 36.5 Å². The number of rotatable bonds is 1. The van der Waals surface area contributed by atoms with Gasteiger partial charge in [0.25, 0.3) is 0 Å². The van der Waals surface area contributed by atoms with Crippen molar-refractivity contribution >= 4 is 5.97 Å². The maximum absolute atomic E-state index is 10.6. The molecule has 0 unspecified atom stereocenters. The molecule has 0 saturated carbocycles. The van der Waals surface area contributed by atoms with E-state index in [9.17, 15) is 4.79 Å². The maximum atomic E-state index is 10.6. The highest BCUT2D eigenvalue weighted by Gasteiger charge is 2.07. The van der Waals surface area contributed by atoms with E-state index in [1.165, 1.54) is 0 Å². The zero-order chi connectivity index (χ0) is 8.81. The van der Waals surface area contributed by atoms with Crippen LogP contribution in [0.5, 0.6) is 0 Å². The lowest BCUT2D eigenvalue weighted by molar-refractivity contribution is -0.138. The smallest absolute Gasteiger partial charge is 0.314 e.